The fraction of sp³-hybridized carbons (Fsp3) is 0.909. The molecule has 1 rings (SSSR count). The SMILES string of the molecule is CCC(C)C(=O)N1CC(C)CC(O)C1. The number of likely N-dealkylation sites (tertiary alicyclic amines) is 1. The van der Waals surface area contributed by atoms with Gasteiger partial charge < -0.3 is 10.0 Å². The van der Waals surface area contributed by atoms with Crippen molar-refractivity contribution in [2.75, 3.05) is 13.1 Å². The molecule has 1 N–H and O–H groups in total. The molecule has 3 atom stereocenters. The summed E-state index contributed by atoms with van der Waals surface area (Å²) >= 11 is 0. The lowest BCUT2D eigenvalue weighted by Gasteiger charge is -2.35. The van der Waals surface area contributed by atoms with E-state index < -0.39 is 0 Å². The highest BCUT2D eigenvalue weighted by molar-refractivity contribution is 5.78. The Kier molecular flexibility index (Phi) is 3.93. The molecule has 1 fully saturated rings. The maximum absolute atomic E-state index is 11.8. The number of hydrogen-bond donors (Lipinski definition) is 1. The van der Waals surface area contributed by atoms with Crippen molar-refractivity contribution < 1.29 is 9.90 Å². The van der Waals surface area contributed by atoms with Crippen molar-refractivity contribution in [3.05, 3.63) is 0 Å². The predicted molar refractivity (Wildman–Crippen MR) is 55.8 cm³/mol. The molecule has 1 heterocycles. The summed E-state index contributed by atoms with van der Waals surface area (Å²) in [4.78, 5) is 13.6. The van der Waals surface area contributed by atoms with Gasteiger partial charge in [-0.25, -0.2) is 0 Å². The Balaban J connectivity index is 2.54. The van der Waals surface area contributed by atoms with E-state index in [0.717, 1.165) is 19.4 Å². The molecule has 0 aromatic carbocycles. The van der Waals surface area contributed by atoms with E-state index in [2.05, 4.69) is 6.92 Å². The fourth-order valence-corrected chi connectivity index (χ4v) is 1.98. The monoisotopic (exact) mass is 199 g/mol. The average molecular weight is 199 g/mol. The fourth-order valence-electron chi connectivity index (χ4n) is 1.98. The molecule has 0 aliphatic carbocycles. The quantitative estimate of drug-likeness (QED) is 0.727. The van der Waals surface area contributed by atoms with E-state index in [0.29, 0.717) is 12.5 Å². The van der Waals surface area contributed by atoms with Crippen LogP contribution in [0.1, 0.15) is 33.6 Å². The first kappa shape index (κ1) is 11.5. The summed E-state index contributed by atoms with van der Waals surface area (Å²) in [5, 5.41) is 9.56. The largest absolute Gasteiger partial charge is 0.391 e. The van der Waals surface area contributed by atoms with Gasteiger partial charge in [-0.3, -0.25) is 4.79 Å². The molecule has 3 unspecified atom stereocenters. The van der Waals surface area contributed by atoms with E-state index in [1.54, 1.807) is 0 Å². The lowest BCUT2D eigenvalue weighted by atomic mass is 9.96. The van der Waals surface area contributed by atoms with Crippen molar-refractivity contribution in [2.45, 2.75) is 39.7 Å². The molecule has 0 spiro atoms. The van der Waals surface area contributed by atoms with Gasteiger partial charge in [0.15, 0.2) is 0 Å². The van der Waals surface area contributed by atoms with Crippen LogP contribution in [0.5, 0.6) is 0 Å². The van der Waals surface area contributed by atoms with E-state index in [1.807, 2.05) is 18.7 Å². The van der Waals surface area contributed by atoms with Crippen molar-refractivity contribution in [2.24, 2.45) is 11.8 Å². The molecule has 1 aliphatic heterocycles. The number of carbonyl (C=O) groups is 1. The minimum atomic E-state index is -0.327. The summed E-state index contributed by atoms with van der Waals surface area (Å²) in [7, 11) is 0. The van der Waals surface area contributed by atoms with Gasteiger partial charge in [0.2, 0.25) is 5.91 Å². The highest BCUT2D eigenvalue weighted by Crippen LogP contribution is 2.18. The number of hydrogen-bond acceptors (Lipinski definition) is 2. The van der Waals surface area contributed by atoms with E-state index in [1.165, 1.54) is 0 Å². The molecule has 82 valence electrons. The number of β-amino-alcohol motifs (C(OH)–C–C–N with tert-alkyl or cyclic N) is 1. The lowest BCUT2D eigenvalue weighted by Crippen LogP contribution is -2.47. The maximum Gasteiger partial charge on any atom is 0.225 e. The van der Waals surface area contributed by atoms with Crippen LogP contribution in [0.3, 0.4) is 0 Å². The highest BCUT2D eigenvalue weighted by atomic mass is 16.3. The highest BCUT2D eigenvalue weighted by Gasteiger charge is 2.28. The second-order valence-corrected chi connectivity index (χ2v) is 4.55. The van der Waals surface area contributed by atoms with Crippen LogP contribution in [0.15, 0.2) is 0 Å². The van der Waals surface area contributed by atoms with Gasteiger partial charge in [0.05, 0.1) is 6.10 Å². The zero-order chi connectivity index (χ0) is 10.7. The normalized spacial score (nSPS) is 30.1. The van der Waals surface area contributed by atoms with Crippen molar-refractivity contribution in [3.63, 3.8) is 0 Å². The first-order chi connectivity index (χ1) is 6.54. The van der Waals surface area contributed by atoms with Gasteiger partial charge in [-0.05, 0) is 18.8 Å². The van der Waals surface area contributed by atoms with E-state index >= 15 is 0 Å². The molecule has 0 aromatic heterocycles. The third-order valence-electron chi connectivity index (χ3n) is 2.98. The van der Waals surface area contributed by atoms with Crippen LogP contribution in [0, 0.1) is 11.8 Å². The van der Waals surface area contributed by atoms with Crippen LogP contribution >= 0.6 is 0 Å². The molecule has 0 radical (unpaired) electrons. The summed E-state index contributed by atoms with van der Waals surface area (Å²) in [6, 6.07) is 0. The van der Waals surface area contributed by atoms with Crippen LogP contribution in [-0.2, 0) is 4.79 Å². The molecular weight excluding hydrogens is 178 g/mol. The number of aliphatic hydroxyl groups is 1. The van der Waals surface area contributed by atoms with Gasteiger partial charge in [0.1, 0.15) is 0 Å². The topological polar surface area (TPSA) is 40.5 Å². The zero-order valence-electron chi connectivity index (χ0n) is 9.36. The molecular formula is C11H21NO2. The summed E-state index contributed by atoms with van der Waals surface area (Å²) in [5.74, 6) is 0.706. The standard InChI is InChI=1S/C11H21NO2/c1-4-9(3)11(14)12-6-8(2)5-10(13)7-12/h8-10,13H,4-7H2,1-3H3. The van der Waals surface area contributed by atoms with E-state index in [9.17, 15) is 9.90 Å². The van der Waals surface area contributed by atoms with Gasteiger partial charge >= 0.3 is 0 Å². The third kappa shape index (κ3) is 2.71. The zero-order valence-corrected chi connectivity index (χ0v) is 9.36. The second kappa shape index (κ2) is 4.78. The number of rotatable bonds is 2. The smallest absolute Gasteiger partial charge is 0.225 e. The Morgan fingerprint density at radius 2 is 2.21 bits per heavy atom. The summed E-state index contributed by atoms with van der Waals surface area (Å²) in [6.45, 7) is 7.38. The molecule has 3 nitrogen and oxygen atoms in total. The van der Waals surface area contributed by atoms with Gasteiger partial charge in [-0.2, -0.15) is 0 Å². The number of nitrogens with zero attached hydrogens (tertiary/aromatic N) is 1. The number of aliphatic hydroxyl groups excluding tert-OH is 1. The number of carbonyl (C=O) groups excluding carboxylic acids is 1. The number of piperidine rings is 1. The van der Waals surface area contributed by atoms with Crippen LogP contribution < -0.4 is 0 Å². The van der Waals surface area contributed by atoms with Crippen LogP contribution in [0.4, 0.5) is 0 Å². The van der Waals surface area contributed by atoms with Crippen molar-refractivity contribution in [3.8, 4) is 0 Å². The van der Waals surface area contributed by atoms with Gasteiger partial charge in [-0.15, -0.1) is 0 Å². The number of amides is 1. The van der Waals surface area contributed by atoms with Crippen molar-refractivity contribution >= 4 is 5.91 Å². The molecule has 1 saturated heterocycles. The summed E-state index contributed by atoms with van der Waals surface area (Å²) < 4.78 is 0. The van der Waals surface area contributed by atoms with Gasteiger partial charge in [0, 0.05) is 19.0 Å². The Labute approximate surface area is 86.1 Å². The summed E-state index contributed by atoms with van der Waals surface area (Å²) in [6.07, 6.45) is 1.37. The van der Waals surface area contributed by atoms with Crippen molar-refractivity contribution in [1.29, 1.82) is 0 Å². The minimum absolute atomic E-state index is 0.0903. The van der Waals surface area contributed by atoms with Crippen LogP contribution in [0.25, 0.3) is 0 Å². The summed E-state index contributed by atoms with van der Waals surface area (Å²) in [5.41, 5.74) is 0. The first-order valence-electron chi connectivity index (χ1n) is 5.51. The molecule has 0 saturated carbocycles. The first-order valence-corrected chi connectivity index (χ1v) is 5.51. The van der Waals surface area contributed by atoms with Gasteiger partial charge in [0.25, 0.3) is 0 Å². The van der Waals surface area contributed by atoms with Crippen molar-refractivity contribution in [1.82, 2.24) is 4.90 Å². The second-order valence-electron chi connectivity index (χ2n) is 4.55. The minimum Gasteiger partial charge on any atom is -0.391 e. The maximum atomic E-state index is 11.8. The average Bonchev–Trinajstić information content (AvgIpc) is 2.14. The molecule has 14 heavy (non-hydrogen) atoms. The molecule has 0 bridgehead atoms. The molecule has 1 aliphatic rings. The molecule has 0 aromatic rings. The van der Waals surface area contributed by atoms with Crippen LogP contribution in [0.2, 0.25) is 0 Å². The Morgan fingerprint density at radius 1 is 1.57 bits per heavy atom. The van der Waals surface area contributed by atoms with E-state index in [4.69, 9.17) is 0 Å². The van der Waals surface area contributed by atoms with Crippen LogP contribution in [-0.4, -0.2) is 35.1 Å². The Bertz CT molecular complexity index is 195. The Morgan fingerprint density at radius 3 is 2.71 bits per heavy atom. The molecule has 1 amide bonds. The predicted octanol–water partition coefficient (Wildman–Crippen LogP) is 1.26. The Hall–Kier alpha value is -0.570. The lowest BCUT2D eigenvalue weighted by molar-refractivity contribution is -0.139. The molecule has 3 heteroatoms. The third-order valence-corrected chi connectivity index (χ3v) is 2.98. The van der Waals surface area contributed by atoms with E-state index in [-0.39, 0.29) is 17.9 Å². The van der Waals surface area contributed by atoms with Gasteiger partial charge in [-0.1, -0.05) is 20.8 Å².